The lowest BCUT2D eigenvalue weighted by Gasteiger charge is -2.18. The molecule has 1 amide bonds. The van der Waals surface area contributed by atoms with Gasteiger partial charge in [-0.25, -0.2) is 27.6 Å². The third-order valence-electron chi connectivity index (χ3n) is 4.97. The van der Waals surface area contributed by atoms with E-state index in [0.717, 1.165) is 6.26 Å². The molecule has 3 rings (SSSR count). The summed E-state index contributed by atoms with van der Waals surface area (Å²) in [5.41, 5.74) is 0.795. The predicted octanol–water partition coefficient (Wildman–Crippen LogP) is 4.26. The molecule has 1 aromatic carbocycles. The lowest BCUT2D eigenvalue weighted by molar-refractivity contribution is 0.167. The molecule has 2 heterocycles. The highest BCUT2D eigenvalue weighted by Crippen LogP contribution is 2.37. The Morgan fingerprint density at radius 3 is 2.61 bits per heavy atom. The first-order chi connectivity index (χ1) is 16.9. The molecule has 0 aliphatic heterocycles. The van der Waals surface area contributed by atoms with E-state index in [0.29, 0.717) is 17.7 Å². The van der Waals surface area contributed by atoms with Crippen LogP contribution in [0.25, 0.3) is 22.5 Å². The van der Waals surface area contributed by atoms with E-state index in [-0.39, 0.29) is 34.0 Å². The number of nitrogens with one attached hydrogen (secondary N) is 3. The van der Waals surface area contributed by atoms with Crippen molar-refractivity contribution in [2.75, 3.05) is 23.4 Å². The van der Waals surface area contributed by atoms with Gasteiger partial charge in [-0.3, -0.25) is 9.40 Å². The number of carbonyl (C=O) groups is 1. The van der Waals surface area contributed by atoms with Crippen molar-refractivity contribution in [3.63, 3.8) is 0 Å². The number of benzene rings is 1. The molecular weight excluding hydrogens is 513 g/mol. The lowest BCUT2D eigenvalue weighted by atomic mass is 10.0. The molecule has 3 N–H and O–H groups in total. The number of methoxy groups -OCH3 is 1. The van der Waals surface area contributed by atoms with Crippen LogP contribution in [0.2, 0.25) is 5.02 Å². The fourth-order valence-electron chi connectivity index (χ4n) is 3.25. The van der Waals surface area contributed by atoms with Gasteiger partial charge in [0.25, 0.3) is 0 Å². The molecule has 3 aromatic rings. The average molecular weight is 540 g/mol. The van der Waals surface area contributed by atoms with E-state index in [4.69, 9.17) is 11.6 Å². The second-order valence-corrected chi connectivity index (χ2v) is 10.3. The Hall–Kier alpha value is -3.45. The smallest absolute Gasteiger partial charge is 0.408 e. The molecule has 11 nitrogen and oxygen atoms in total. The molecule has 2 aromatic heterocycles. The summed E-state index contributed by atoms with van der Waals surface area (Å²) in [7, 11) is -2.50. The van der Waals surface area contributed by atoms with E-state index in [9.17, 15) is 13.2 Å². The number of halogens is 2. The Kier molecular flexibility index (Phi) is 8.35. The van der Waals surface area contributed by atoms with Crippen molar-refractivity contribution in [1.29, 1.82) is 0 Å². The number of ether oxygens (including phenoxy) is 1. The number of hydrogen-bond acceptors (Lipinski definition) is 8. The van der Waals surface area contributed by atoms with Gasteiger partial charge in [0.1, 0.15) is 11.9 Å². The number of hydrogen-bond donors (Lipinski definition) is 3. The van der Waals surface area contributed by atoms with Crippen molar-refractivity contribution in [2.24, 2.45) is 0 Å². The standard InChI is InChI=1S/C22H27ClFN7O4S/c1-6-18(28-22(32)35-4)27-21-25-8-7-16(26-21)15-11-31(12(2)3)29-20(15)14-9-13(23)10-17(19(14)24)30-36(5,33)34/h7-12,18,30H,6H2,1-5H3,(H,28,32)(H,25,26,27)/t18-/m0/s1. The Balaban J connectivity index is 2.10. The first-order valence-corrected chi connectivity index (χ1v) is 13.2. The Bertz CT molecular complexity index is 1360. The molecule has 0 unspecified atom stereocenters. The maximum atomic E-state index is 15.5. The average Bonchev–Trinajstić information content (AvgIpc) is 3.25. The molecule has 0 saturated carbocycles. The van der Waals surface area contributed by atoms with Gasteiger partial charge in [0.05, 0.1) is 24.7 Å². The molecule has 36 heavy (non-hydrogen) atoms. The summed E-state index contributed by atoms with van der Waals surface area (Å²) in [4.78, 5) is 20.3. The normalized spacial score (nSPS) is 12.3. The summed E-state index contributed by atoms with van der Waals surface area (Å²) in [5, 5.41) is 10.3. The van der Waals surface area contributed by atoms with E-state index in [1.54, 1.807) is 16.9 Å². The van der Waals surface area contributed by atoms with Crippen LogP contribution in [0.1, 0.15) is 33.2 Å². The quantitative estimate of drug-likeness (QED) is 0.343. The zero-order chi connectivity index (χ0) is 26.6. The van der Waals surface area contributed by atoms with Crippen LogP contribution in [-0.4, -0.2) is 53.8 Å². The summed E-state index contributed by atoms with van der Waals surface area (Å²) in [6.45, 7) is 5.66. The van der Waals surface area contributed by atoms with Crippen molar-refractivity contribution in [3.8, 4) is 22.5 Å². The Morgan fingerprint density at radius 1 is 1.28 bits per heavy atom. The number of rotatable bonds is 9. The second-order valence-electron chi connectivity index (χ2n) is 8.16. The number of aromatic nitrogens is 4. The van der Waals surface area contributed by atoms with Crippen LogP contribution in [0.3, 0.4) is 0 Å². The molecule has 0 aliphatic rings. The molecular formula is C22H27ClFN7O4S. The van der Waals surface area contributed by atoms with Crippen molar-refractivity contribution < 1.29 is 22.3 Å². The van der Waals surface area contributed by atoms with Gasteiger partial charge >= 0.3 is 6.09 Å². The van der Waals surface area contributed by atoms with Crippen LogP contribution in [0, 0.1) is 5.82 Å². The molecule has 0 bridgehead atoms. The van der Waals surface area contributed by atoms with Crippen molar-refractivity contribution in [3.05, 3.63) is 41.4 Å². The first kappa shape index (κ1) is 27.1. The van der Waals surface area contributed by atoms with Gasteiger partial charge in [-0.1, -0.05) is 18.5 Å². The number of sulfonamides is 1. The van der Waals surface area contributed by atoms with E-state index in [2.05, 4.69) is 35.2 Å². The van der Waals surface area contributed by atoms with E-state index in [1.807, 2.05) is 20.8 Å². The summed E-state index contributed by atoms with van der Waals surface area (Å²) < 4.78 is 47.4. The highest BCUT2D eigenvalue weighted by molar-refractivity contribution is 7.92. The van der Waals surface area contributed by atoms with Gasteiger partial charge in [-0.15, -0.1) is 0 Å². The third-order valence-corrected chi connectivity index (χ3v) is 5.78. The van der Waals surface area contributed by atoms with Crippen LogP contribution >= 0.6 is 11.6 Å². The molecule has 0 saturated heterocycles. The predicted molar refractivity (Wildman–Crippen MR) is 136 cm³/mol. The topological polar surface area (TPSA) is 140 Å². The highest BCUT2D eigenvalue weighted by Gasteiger charge is 2.23. The van der Waals surface area contributed by atoms with Gasteiger partial charge in [0, 0.05) is 34.6 Å². The lowest BCUT2D eigenvalue weighted by Crippen LogP contribution is -2.40. The second kappa shape index (κ2) is 11.1. The zero-order valence-corrected chi connectivity index (χ0v) is 21.9. The number of nitrogens with zero attached hydrogens (tertiary/aromatic N) is 4. The molecule has 194 valence electrons. The zero-order valence-electron chi connectivity index (χ0n) is 20.3. The minimum Gasteiger partial charge on any atom is -0.453 e. The largest absolute Gasteiger partial charge is 0.453 e. The Labute approximate surface area is 213 Å². The maximum absolute atomic E-state index is 15.5. The highest BCUT2D eigenvalue weighted by atomic mass is 35.5. The fraction of sp³-hybridized carbons (Fsp3) is 0.364. The molecule has 1 atom stereocenters. The van der Waals surface area contributed by atoms with Crippen LogP contribution in [0.5, 0.6) is 0 Å². The van der Waals surface area contributed by atoms with Crippen LogP contribution in [0.15, 0.2) is 30.6 Å². The number of amides is 1. The number of carbonyl (C=O) groups excluding carboxylic acids is 1. The monoisotopic (exact) mass is 539 g/mol. The minimum atomic E-state index is -3.76. The van der Waals surface area contributed by atoms with Gasteiger partial charge in [-0.05, 0) is 38.5 Å². The molecule has 0 radical (unpaired) electrons. The van der Waals surface area contributed by atoms with Crippen LogP contribution in [0.4, 0.5) is 20.8 Å². The fourth-order valence-corrected chi connectivity index (χ4v) is 4.02. The van der Waals surface area contributed by atoms with Crippen molar-refractivity contribution in [2.45, 2.75) is 39.4 Å². The van der Waals surface area contributed by atoms with E-state index >= 15 is 4.39 Å². The Morgan fingerprint density at radius 2 is 2.00 bits per heavy atom. The first-order valence-electron chi connectivity index (χ1n) is 10.9. The third kappa shape index (κ3) is 6.61. The summed E-state index contributed by atoms with van der Waals surface area (Å²) in [6, 6.07) is 4.12. The van der Waals surface area contributed by atoms with Crippen molar-refractivity contribution in [1.82, 2.24) is 25.1 Å². The van der Waals surface area contributed by atoms with Gasteiger partial charge < -0.3 is 15.4 Å². The SMILES string of the molecule is CC[C@H](NC(=O)OC)Nc1nccc(-c2cn(C(C)C)nc2-c2cc(Cl)cc(NS(C)(=O)=O)c2F)n1. The summed E-state index contributed by atoms with van der Waals surface area (Å²) in [6.07, 6.45) is 3.54. The van der Waals surface area contributed by atoms with Gasteiger partial charge in [-0.2, -0.15) is 5.10 Å². The molecule has 0 spiro atoms. The number of anilines is 2. The van der Waals surface area contributed by atoms with E-state index in [1.165, 1.54) is 25.4 Å². The molecule has 14 heteroatoms. The van der Waals surface area contributed by atoms with Gasteiger partial charge in [0.2, 0.25) is 16.0 Å². The van der Waals surface area contributed by atoms with E-state index < -0.39 is 28.1 Å². The maximum Gasteiger partial charge on any atom is 0.408 e. The molecule has 0 fully saturated rings. The molecule has 0 aliphatic carbocycles. The summed E-state index contributed by atoms with van der Waals surface area (Å²) in [5.74, 6) is -0.620. The minimum absolute atomic E-state index is 0.00466. The van der Waals surface area contributed by atoms with Crippen LogP contribution < -0.4 is 15.4 Å². The van der Waals surface area contributed by atoms with Crippen LogP contribution in [-0.2, 0) is 14.8 Å². The number of alkyl carbamates (subject to hydrolysis) is 1. The van der Waals surface area contributed by atoms with Crippen molar-refractivity contribution >= 4 is 39.4 Å². The van der Waals surface area contributed by atoms with Gasteiger partial charge in [0.15, 0.2) is 5.82 Å². The summed E-state index contributed by atoms with van der Waals surface area (Å²) >= 11 is 6.20.